The molecule has 5 nitrogen and oxygen atoms in total. The Balaban J connectivity index is 1.55. The third-order valence-electron chi connectivity index (χ3n) is 4.21. The molecule has 0 aromatic heterocycles. The lowest BCUT2D eigenvalue weighted by Crippen LogP contribution is -2.34. The van der Waals surface area contributed by atoms with Gasteiger partial charge in [-0.2, -0.15) is 0 Å². The Bertz CT molecular complexity index is 755. The zero-order valence-corrected chi connectivity index (χ0v) is 15.7. The molecule has 2 N–H and O–H groups in total. The molecule has 0 aliphatic rings. The lowest BCUT2D eigenvalue weighted by molar-refractivity contribution is -0.122. The molecular formula is C22H26N2O3. The van der Waals surface area contributed by atoms with Gasteiger partial charge in [-0.05, 0) is 18.9 Å². The summed E-state index contributed by atoms with van der Waals surface area (Å²) in [5, 5.41) is 5.51. The number of amides is 2. The van der Waals surface area contributed by atoms with Crippen LogP contribution in [0.4, 0.5) is 0 Å². The van der Waals surface area contributed by atoms with Gasteiger partial charge in [0.25, 0.3) is 0 Å². The second kappa shape index (κ2) is 10.9. The van der Waals surface area contributed by atoms with Crippen molar-refractivity contribution in [3.8, 4) is 0 Å². The molecule has 0 radical (unpaired) electrons. The number of ketones is 1. The Morgan fingerprint density at radius 2 is 1.33 bits per heavy atom. The van der Waals surface area contributed by atoms with Crippen molar-refractivity contribution in [3.63, 3.8) is 0 Å². The van der Waals surface area contributed by atoms with Crippen LogP contribution in [0.3, 0.4) is 0 Å². The van der Waals surface area contributed by atoms with Crippen LogP contribution in [0.15, 0.2) is 54.6 Å². The molecule has 0 saturated carbocycles. The number of carbonyl (C=O) groups excluding carboxylic acids is 3. The topological polar surface area (TPSA) is 75.3 Å². The molecule has 2 amide bonds. The molecule has 0 spiro atoms. The van der Waals surface area contributed by atoms with E-state index in [0.717, 1.165) is 11.1 Å². The maximum atomic E-state index is 12.0. The summed E-state index contributed by atoms with van der Waals surface area (Å²) in [7, 11) is 0. The van der Waals surface area contributed by atoms with Crippen LogP contribution < -0.4 is 10.6 Å². The van der Waals surface area contributed by atoms with Crippen LogP contribution in [-0.2, 0) is 16.0 Å². The molecule has 0 fully saturated rings. The van der Waals surface area contributed by atoms with Gasteiger partial charge in [-0.1, -0.05) is 60.2 Å². The molecule has 0 unspecified atom stereocenters. The van der Waals surface area contributed by atoms with E-state index in [0.29, 0.717) is 31.5 Å². The standard InChI is InChI=1S/C22H26N2O3/c1-17-7-10-19(11-8-17)20(25)12-14-22(27)24-16-15-23-21(26)13-9-18-5-3-2-4-6-18/h2-8,10-11H,9,12-16H2,1H3,(H,23,26)(H,24,27). The van der Waals surface area contributed by atoms with Crippen molar-refractivity contribution in [3.05, 3.63) is 71.3 Å². The first kappa shape index (κ1) is 20.4. The first-order valence-corrected chi connectivity index (χ1v) is 9.22. The molecule has 0 aliphatic carbocycles. The number of hydrogen-bond donors (Lipinski definition) is 2. The van der Waals surface area contributed by atoms with Crippen molar-refractivity contribution in [2.24, 2.45) is 0 Å². The molecule has 2 rings (SSSR count). The molecule has 0 heterocycles. The van der Waals surface area contributed by atoms with E-state index in [4.69, 9.17) is 0 Å². The lowest BCUT2D eigenvalue weighted by atomic mass is 10.1. The summed E-state index contributed by atoms with van der Waals surface area (Å²) >= 11 is 0. The first-order chi connectivity index (χ1) is 13.0. The predicted molar refractivity (Wildman–Crippen MR) is 106 cm³/mol. The van der Waals surface area contributed by atoms with Crippen molar-refractivity contribution in [1.29, 1.82) is 0 Å². The fourth-order valence-corrected chi connectivity index (χ4v) is 2.59. The van der Waals surface area contributed by atoms with Gasteiger partial charge in [0.1, 0.15) is 0 Å². The van der Waals surface area contributed by atoms with Gasteiger partial charge in [-0.3, -0.25) is 14.4 Å². The average Bonchev–Trinajstić information content (AvgIpc) is 2.69. The molecular weight excluding hydrogens is 340 g/mol. The van der Waals surface area contributed by atoms with Gasteiger partial charge in [0.2, 0.25) is 11.8 Å². The van der Waals surface area contributed by atoms with E-state index in [-0.39, 0.29) is 30.4 Å². The Labute approximate surface area is 160 Å². The van der Waals surface area contributed by atoms with Gasteiger partial charge in [0.15, 0.2) is 5.78 Å². The molecule has 2 aromatic carbocycles. The third-order valence-corrected chi connectivity index (χ3v) is 4.21. The lowest BCUT2D eigenvalue weighted by Gasteiger charge is -2.07. The van der Waals surface area contributed by atoms with Crippen LogP contribution in [0, 0.1) is 6.92 Å². The smallest absolute Gasteiger partial charge is 0.220 e. The second-order valence-corrected chi connectivity index (χ2v) is 6.47. The summed E-state index contributed by atoms with van der Waals surface area (Å²) in [4.78, 5) is 35.6. The van der Waals surface area contributed by atoms with E-state index >= 15 is 0 Å². The molecule has 0 aliphatic heterocycles. The minimum Gasteiger partial charge on any atom is -0.354 e. The normalized spacial score (nSPS) is 10.3. The van der Waals surface area contributed by atoms with Crippen LogP contribution in [-0.4, -0.2) is 30.7 Å². The fourth-order valence-electron chi connectivity index (χ4n) is 2.59. The average molecular weight is 366 g/mol. The van der Waals surface area contributed by atoms with Crippen LogP contribution in [0.25, 0.3) is 0 Å². The summed E-state index contributed by atoms with van der Waals surface area (Å²) in [6.07, 6.45) is 1.44. The van der Waals surface area contributed by atoms with Crippen LogP contribution in [0.2, 0.25) is 0 Å². The van der Waals surface area contributed by atoms with E-state index in [1.807, 2.05) is 49.4 Å². The van der Waals surface area contributed by atoms with Gasteiger partial charge < -0.3 is 10.6 Å². The van der Waals surface area contributed by atoms with Crippen molar-refractivity contribution in [1.82, 2.24) is 10.6 Å². The van der Waals surface area contributed by atoms with E-state index in [9.17, 15) is 14.4 Å². The number of nitrogens with one attached hydrogen (secondary N) is 2. The van der Waals surface area contributed by atoms with Crippen molar-refractivity contribution in [2.75, 3.05) is 13.1 Å². The summed E-state index contributed by atoms with van der Waals surface area (Å²) in [6.45, 7) is 2.70. The summed E-state index contributed by atoms with van der Waals surface area (Å²) < 4.78 is 0. The van der Waals surface area contributed by atoms with Gasteiger partial charge in [-0.25, -0.2) is 0 Å². The highest BCUT2D eigenvalue weighted by Gasteiger charge is 2.09. The Morgan fingerprint density at radius 1 is 0.741 bits per heavy atom. The first-order valence-electron chi connectivity index (χ1n) is 9.22. The largest absolute Gasteiger partial charge is 0.354 e. The minimum absolute atomic E-state index is 0.0392. The molecule has 142 valence electrons. The quantitative estimate of drug-likeness (QED) is 0.501. The van der Waals surface area contributed by atoms with E-state index in [1.54, 1.807) is 12.1 Å². The fraction of sp³-hybridized carbons (Fsp3) is 0.318. The van der Waals surface area contributed by atoms with Crippen molar-refractivity contribution >= 4 is 17.6 Å². The zero-order valence-electron chi connectivity index (χ0n) is 15.7. The Morgan fingerprint density at radius 3 is 1.96 bits per heavy atom. The van der Waals surface area contributed by atoms with E-state index in [2.05, 4.69) is 10.6 Å². The molecule has 0 atom stereocenters. The maximum Gasteiger partial charge on any atom is 0.220 e. The molecule has 27 heavy (non-hydrogen) atoms. The maximum absolute atomic E-state index is 12.0. The summed E-state index contributed by atoms with van der Waals surface area (Å²) in [6, 6.07) is 17.2. The SMILES string of the molecule is Cc1ccc(C(=O)CCC(=O)NCCNC(=O)CCc2ccccc2)cc1. The molecule has 0 bridgehead atoms. The van der Waals surface area contributed by atoms with E-state index < -0.39 is 0 Å². The highest BCUT2D eigenvalue weighted by Crippen LogP contribution is 2.07. The second-order valence-electron chi connectivity index (χ2n) is 6.47. The number of Topliss-reactive ketones (excluding diaryl/α,β-unsaturated/α-hetero) is 1. The van der Waals surface area contributed by atoms with Crippen LogP contribution >= 0.6 is 0 Å². The Hall–Kier alpha value is -2.95. The van der Waals surface area contributed by atoms with Crippen molar-refractivity contribution in [2.45, 2.75) is 32.6 Å². The van der Waals surface area contributed by atoms with Crippen LogP contribution in [0.5, 0.6) is 0 Å². The third kappa shape index (κ3) is 7.86. The van der Waals surface area contributed by atoms with Gasteiger partial charge in [0, 0.05) is 37.9 Å². The van der Waals surface area contributed by atoms with Crippen molar-refractivity contribution < 1.29 is 14.4 Å². The molecule has 2 aromatic rings. The number of hydrogen-bond acceptors (Lipinski definition) is 3. The van der Waals surface area contributed by atoms with Gasteiger partial charge in [-0.15, -0.1) is 0 Å². The molecule has 0 saturated heterocycles. The van der Waals surface area contributed by atoms with E-state index in [1.165, 1.54) is 0 Å². The Kier molecular flexibility index (Phi) is 8.23. The highest BCUT2D eigenvalue weighted by atomic mass is 16.2. The number of rotatable bonds is 10. The monoisotopic (exact) mass is 366 g/mol. The summed E-state index contributed by atoms with van der Waals surface area (Å²) in [5.74, 6) is -0.268. The van der Waals surface area contributed by atoms with Gasteiger partial charge >= 0.3 is 0 Å². The molecule has 5 heteroatoms. The number of carbonyl (C=O) groups is 3. The highest BCUT2D eigenvalue weighted by molar-refractivity contribution is 5.97. The summed E-state index contributed by atoms with van der Waals surface area (Å²) in [5.41, 5.74) is 2.84. The number of aryl methyl sites for hydroxylation is 2. The minimum atomic E-state index is -0.186. The zero-order chi connectivity index (χ0) is 19.5. The number of benzene rings is 2. The van der Waals surface area contributed by atoms with Crippen LogP contribution in [0.1, 0.15) is 40.7 Å². The van der Waals surface area contributed by atoms with Gasteiger partial charge in [0.05, 0.1) is 0 Å². The predicted octanol–water partition coefficient (Wildman–Crippen LogP) is 2.82.